The Morgan fingerprint density at radius 3 is 2.58 bits per heavy atom. The number of nitrogens with one attached hydrogen (secondary N) is 1. The lowest BCUT2D eigenvalue weighted by Gasteiger charge is -2.43. The number of rotatable bonds is 5. The van der Waals surface area contributed by atoms with Crippen LogP contribution >= 0.6 is 11.3 Å². The zero-order chi connectivity index (χ0) is 23.2. The number of thiophene rings is 1. The molecule has 2 aromatic heterocycles. The molecular weight excluding hydrogens is 462 g/mol. The van der Waals surface area contributed by atoms with E-state index < -0.39 is 10.0 Å². The molecule has 1 aromatic carbocycles. The Balaban J connectivity index is 1.46. The first kappa shape index (κ1) is 21.7. The topological polar surface area (TPSA) is 97.7 Å². The van der Waals surface area contributed by atoms with Gasteiger partial charge in [-0.05, 0) is 54.1 Å². The minimum atomic E-state index is -3.76. The molecule has 8 nitrogen and oxygen atoms in total. The number of pyridine rings is 1. The molecule has 5 rings (SSSR count). The van der Waals surface area contributed by atoms with Gasteiger partial charge in [-0.15, -0.1) is 11.3 Å². The summed E-state index contributed by atoms with van der Waals surface area (Å²) >= 11 is 1.13. The minimum absolute atomic E-state index is 0.0835. The summed E-state index contributed by atoms with van der Waals surface area (Å²) in [5.74, 6) is 0.577. The molecule has 4 heterocycles. The molecule has 1 saturated heterocycles. The maximum absolute atomic E-state index is 13.2. The van der Waals surface area contributed by atoms with Crippen molar-refractivity contribution in [1.29, 1.82) is 0 Å². The fourth-order valence-corrected chi connectivity index (χ4v) is 6.86. The van der Waals surface area contributed by atoms with Crippen LogP contribution in [-0.2, 0) is 16.6 Å². The van der Waals surface area contributed by atoms with Crippen molar-refractivity contribution in [2.24, 2.45) is 5.92 Å². The number of likely N-dealkylation sites (tertiary alicyclic amines) is 1. The zero-order valence-electron chi connectivity index (χ0n) is 17.9. The van der Waals surface area contributed by atoms with Crippen molar-refractivity contribution >= 4 is 33.0 Å². The van der Waals surface area contributed by atoms with Crippen LogP contribution in [0.15, 0.2) is 62.9 Å². The zero-order valence-corrected chi connectivity index (χ0v) is 19.6. The Morgan fingerprint density at radius 1 is 1.09 bits per heavy atom. The smallest absolute Gasteiger partial charge is 0.271 e. The molecule has 3 aromatic rings. The number of sulfonamides is 1. The number of amides is 1. The molecule has 0 saturated carbocycles. The van der Waals surface area contributed by atoms with Gasteiger partial charge in [-0.2, -0.15) is 0 Å². The molecule has 2 atom stereocenters. The Morgan fingerprint density at radius 2 is 1.88 bits per heavy atom. The van der Waals surface area contributed by atoms with Gasteiger partial charge in [-0.1, -0.05) is 6.07 Å². The Kier molecular flexibility index (Phi) is 5.49. The van der Waals surface area contributed by atoms with Crippen molar-refractivity contribution in [2.45, 2.75) is 23.1 Å². The number of hydrogen-bond donors (Lipinski definition) is 1. The predicted molar refractivity (Wildman–Crippen MR) is 126 cm³/mol. The van der Waals surface area contributed by atoms with Crippen LogP contribution in [0.5, 0.6) is 5.75 Å². The summed E-state index contributed by atoms with van der Waals surface area (Å²) in [5, 5.41) is 1.70. The van der Waals surface area contributed by atoms with E-state index >= 15 is 0 Å². The highest BCUT2D eigenvalue weighted by atomic mass is 32.2. The van der Waals surface area contributed by atoms with Gasteiger partial charge in [0.2, 0.25) is 0 Å². The number of fused-ring (bicyclic) bond motifs is 4. The predicted octanol–water partition coefficient (Wildman–Crippen LogP) is 2.98. The molecule has 0 spiro atoms. The molecule has 2 aliphatic heterocycles. The third-order valence-corrected chi connectivity index (χ3v) is 8.98. The number of nitrogens with zero attached hydrogens (tertiary/aromatic N) is 2. The van der Waals surface area contributed by atoms with Crippen molar-refractivity contribution in [3.63, 3.8) is 0 Å². The highest BCUT2D eigenvalue weighted by molar-refractivity contribution is 7.94. The average molecular weight is 486 g/mol. The van der Waals surface area contributed by atoms with Crippen LogP contribution in [0.4, 0.5) is 5.69 Å². The van der Waals surface area contributed by atoms with E-state index in [0.717, 1.165) is 17.8 Å². The fourth-order valence-electron chi connectivity index (χ4n) is 4.79. The second kappa shape index (κ2) is 8.35. The van der Waals surface area contributed by atoms with Crippen molar-refractivity contribution in [1.82, 2.24) is 9.47 Å². The lowest BCUT2D eigenvalue weighted by molar-refractivity contribution is 0.0595. The quantitative estimate of drug-likeness (QED) is 0.599. The van der Waals surface area contributed by atoms with Gasteiger partial charge in [-0.3, -0.25) is 14.3 Å². The van der Waals surface area contributed by atoms with E-state index in [1.54, 1.807) is 58.4 Å². The first-order valence-corrected chi connectivity index (χ1v) is 13.0. The summed E-state index contributed by atoms with van der Waals surface area (Å²) in [6.07, 6.45) is 0.795. The van der Waals surface area contributed by atoms with Gasteiger partial charge in [0.25, 0.3) is 21.5 Å². The normalized spacial score (nSPS) is 19.6. The highest BCUT2D eigenvalue weighted by Gasteiger charge is 2.38. The van der Waals surface area contributed by atoms with E-state index in [1.165, 1.54) is 12.1 Å². The number of anilines is 1. The average Bonchev–Trinajstić information content (AvgIpc) is 3.36. The second-order valence-corrected chi connectivity index (χ2v) is 11.2. The van der Waals surface area contributed by atoms with E-state index in [4.69, 9.17) is 4.74 Å². The molecule has 1 fully saturated rings. The number of carbonyl (C=O) groups excluding carboxylic acids is 1. The van der Waals surface area contributed by atoms with Crippen LogP contribution in [-0.4, -0.2) is 44.0 Å². The van der Waals surface area contributed by atoms with E-state index in [1.807, 2.05) is 0 Å². The van der Waals surface area contributed by atoms with Crippen LogP contribution < -0.4 is 15.0 Å². The maximum Gasteiger partial charge on any atom is 0.271 e. The van der Waals surface area contributed by atoms with Crippen molar-refractivity contribution < 1.29 is 17.9 Å². The monoisotopic (exact) mass is 485 g/mol. The third-order valence-electron chi connectivity index (χ3n) is 6.22. The fraction of sp³-hybridized carbons (Fsp3) is 0.304. The van der Waals surface area contributed by atoms with Crippen LogP contribution in [0.2, 0.25) is 0 Å². The molecule has 0 aliphatic carbocycles. The van der Waals surface area contributed by atoms with E-state index in [0.29, 0.717) is 42.3 Å². The second-order valence-electron chi connectivity index (χ2n) is 8.36. The van der Waals surface area contributed by atoms with E-state index in [9.17, 15) is 18.0 Å². The minimum Gasteiger partial charge on any atom is -0.497 e. The number of piperidine rings is 1. The van der Waals surface area contributed by atoms with Gasteiger partial charge < -0.3 is 14.2 Å². The Hall–Kier alpha value is -3.11. The molecule has 33 heavy (non-hydrogen) atoms. The summed E-state index contributed by atoms with van der Waals surface area (Å²) < 4.78 is 35.4. The largest absolute Gasteiger partial charge is 0.497 e. The molecule has 0 radical (unpaired) electrons. The number of aromatic nitrogens is 1. The lowest BCUT2D eigenvalue weighted by atomic mass is 9.82. The van der Waals surface area contributed by atoms with E-state index in [-0.39, 0.29) is 27.5 Å². The number of benzene rings is 1. The van der Waals surface area contributed by atoms with Crippen molar-refractivity contribution in [3.8, 4) is 5.75 Å². The SMILES string of the molecule is COc1ccc(C(=O)N2CC3CC(C2)c2c(NS(=O)(=O)c4cccs4)ccc(=O)n2C3)cc1. The summed E-state index contributed by atoms with van der Waals surface area (Å²) in [4.78, 5) is 27.6. The number of carbonyl (C=O) groups is 1. The van der Waals surface area contributed by atoms with Gasteiger partial charge in [0.05, 0.1) is 18.5 Å². The van der Waals surface area contributed by atoms with Gasteiger partial charge >= 0.3 is 0 Å². The third kappa shape index (κ3) is 4.04. The van der Waals surface area contributed by atoms with Gasteiger partial charge in [0.15, 0.2) is 0 Å². The summed E-state index contributed by atoms with van der Waals surface area (Å²) in [6.45, 7) is 1.42. The first-order chi connectivity index (χ1) is 15.9. The maximum atomic E-state index is 13.2. The first-order valence-electron chi connectivity index (χ1n) is 10.6. The number of ether oxygens (including phenoxy) is 1. The van der Waals surface area contributed by atoms with Crippen LogP contribution in [0.1, 0.15) is 28.4 Å². The molecule has 2 bridgehead atoms. The lowest BCUT2D eigenvalue weighted by Crippen LogP contribution is -2.49. The highest BCUT2D eigenvalue weighted by Crippen LogP contribution is 2.39. The molecule has 2 unspecified atom stereocenters. The van der Waals surface area contributed by atoms with Crippen molar-refractivity contribution in [3.05, 3.63) is 75.5 Å². The summed E-state index contributed by atoms with van der Waals surface area (Å²) in [6, 6.07) is 13.1. The number of hydrogen-bond acceptors (Lipinski definition) is 6. The Bertz CT molecular complexity index is 1350. The summed E-state index contributed by atoms with van der Waals surface area (Å²) in [5.41, 5.74) is 1.45. The molecule has 1 amide bonds. The van der Waals surface area contributed by atoms with Gasteiger partial charge in [-0.25, -0.2) is 8.42 Å². The van der Waals surface area contributed by atoms with Crippen LogP contribution in [0.3, 0.4) is 0 Å². The summed E-state index contributed by atoms with van der Waals surface area (Å²) in [7, 11) is -2.19. The standard InChI is InChI=1S/C23H23N3O5S2/c1-31-18-6-4-16(5-7-18)23(28)25-12-15-11-17(14-25)22-19(8-9-20(27)26(22)13-15)24-33(29,30)21-3-2-10-32-21/h2-10,15,17,24H,11-14H2,1H3. The molecule has 10 heteroatoms. The molecule has 2 aliphatic rings. The van der Waals surface area contributed by atoms with Crippen LogP contribution in [0, 0.1) is 5.92 Å². The van der Waals surface area contributed by atoms with Gasteiger partial charge in [0, 0.05) is 37.2 Å². The number of methoxy groups -OCH3 is 1. The van der Waals surface area contributed by atoms with Crippen molar-refractivity contribution in [2.75, 3.05) is 24.9 Å². The van der Waals surface area contributed by atoms with Crippen LogP contribution in [0.25, 0.3) is 0 Å². The Labute approximate surface area is 195 Å². The van der Waals surface area contributed by atoms with E-state index in [2.05, 4.69) is 4.72 Å². The van der Waals surface area contributed by atoms with Gasteiger partial charge in [0.1, 0.15) is 9.96 Å². The molecular formula is C23H23N3O5S2. The molecule has 172 valence electrons. The molecule has 1 N–H and O–H groups in total.